The zero-order valence-corrected chi connectivity index (χ0v) is 13.4. The number of likely N-dealkylation sites (N-methyl/N-ethyl adjacent to an activating group) is 1. The van der Waals surface area contributed by atoms with Crippen molar-refractivity contribution in [3.8, 4) is 0 Å². The molecule has 5 nitrogen and oxygen atoms in total. The van der Waals surface area contributed by atoms with Crippen molar-refractivity contribution in [3.63, 3.8) is 0 Å². The van der Waals surface area contributed by atoms with Crippen LogP contribution in [0.2, 0.25) is 5.02 Å². The van der Waals surface area contributed by atoms with Gasteiger partial charge < -0.3 is 10.6 Å². The fourth-order valence-electron chi connectivity index (χ4n) is 2.27. The maximum atomic E-state index is 13.1. The highest BCUT2D eigenvalue weighted by molar-refractivity contribution is 6.31. The van der Waals surface area contributed by atoms with E-state index in [1.165, 1.54) is 12.1 Å². The van der Waals surface area contributed by atoms with Crippen molar-refractivity contribution >= 4 is 17.5 Å². The molecule has 0 aliphatic rings. The molecule has 2 aromatic rings. The van der Waals surface area contributed by atoms with Gasteiger partial charge in [-0.2, -0.15) is 5.10 Å². The van der Waals surface area contributed by atoms with E-state index in [1.54, 1.807) is 44.2 Å². The molecule has 2 rings (SSSR count). The second-order valence-electron chi connectivity index (χ2n) is 5.07. The maximum absolute atomic E-state index is 13.1. The Kier molecular flexibility index (Phi) is 5.15. The van der Waals surface area contributed by atoms with Gasteiger partial charge in [0.25, 0.3) is 0 Å². The van der Waals surface area contributed by atoms with Crippen LogP contribution in [-0.2, 0) is 11.8 Å². The van der Waals surface area contributed by atoms with Gasteiger partial charge in [-0.05, 0) is 31.7 Å². The lowest BCUT2D eigenvalue weighted by molar-refractivity contribution is -0.123. The Labute approximate surface area is 133 Å². The largest absolute Gasteiger partial charge is 0.348 e. The van der Waals surface area contributed by atoms with E-state index in [0.29, 0.717) is 5.56 Å². The number of amides is 1. The zero-order valence-electron chi connectivity index (χ0n) is 12.6. The van der Waals surface area contributed by atoms with E-state index in [-0.39, 0.29) is 17.0 Å². The van der Waals surface area contributed by atoms with Crippen LogP contribution in [0.4, 0.5) is 4.39 Å². The minimum Gasteiger partial charge on any atom is -0.348 e. The number of hydrogen-bond donors (Lipinski definition) is 2. The van der Waals surface area contributed by atoms with Crippen LogP contribution < -0.4 is 10.6 Å². The van der Waals surface area contributed by atoms with E-state index < -0.39 is 11.9 Å². The van der Waals surface area contributed by atoms with Gasteiger partial charge in [-0.25, -0.2) is 4.39 Å². The molecule has 0 aliphatic carbocycles. The van der Waals surface area contributed by atoms with Crippen molar-refractivity contribution < 1.29 is 9.18 Å². The maximum Gasteiger partial charge on any atom is 0.242 e. The molecule has 0 aliphatic heterocycles. The standard InChI is InChI=1S/C15H18ClFN4O/c1-9(12-5-4-11(17)6-13(12)16)20-15(22)14(18-2)10-7-19-21(3)8-10/h4-9,14,18H,1-3H3,(H,20,22). The highest BCUT2D eigenvalue weighted by Gasteiger charge is 2.22. The van der Waals surface area contributed by atoms with Crippen LogP contribution in [0.5, 0.6) is 0 Å². The Morgan fingerprint density at radius 2 is 2.18 bits per heavy atom. The number of aryl methyl sites for hydroxylation is 1. The second-order valence-corrected chi connectivity index (χ2v) is 5.47. The molecule has 0 saturated heterocycles. The SMILES string of the molecule is CNC(C(=O)NC(C)c1ccc(F)cc1Cl)c1cnn(C)c1. The first-order valence-corrected chi connectivity index (χ1v) is 7.21. The number of nitrogens with zero attached hydrogens (tertiary/aromatic N) is 2. The molecular weight excluding hydrogens is 307 g/mol. The van der Waals surface area contributed by atoms with Crippen molar-refractivity contribution in [3.05, 3.63) is 52.6 Å². The summed E-state index contributed by atoms with van der Waals surface area (Å²) in [5.74, 6) is -0.612. The predicted octanol–water partition coefficient (Wildman–Crippen LogP) is 2.35. The van der Waals surface area contributed by atoms with Gasteiger partial charge in [0.15, 0.2) is 0 Å². The summed E-state index contributed by atoms with van der Waals surface area (Å²) in [5, 5.41) is 10.2. The molecule has 2 atom stereocenters. The third kappa shape index (κ3) is 3.64. The number of halogens is 2. The molecule has 0 radical (unpaired) electrons. The van der Waals surface area contributed by atoms with E-state index in [1.807, 2.05) is 0 Å². The minimum atomic E-state index is -0.518. The van der Waals surface area contributed by atoms with E-state index >= 15 is 0 Å². The molecule has 7 heteroatoms. The number of rotatable bonds is 5. The molecule has 2 N–H and O–H groups in total. The van der Waals surface area contributed by atoms with Gasteiger partial charge in [0.1, 0.15) is 11.9 Å². The van der Waals surface area contributed by atoms with Gasteiger partial charge >= 0.3 is 0 Å². The summed E-state index contributed by atoms with van der Waals surface area (Å²) in [4.78, 5) is 12.4. The minimum absolute atomic E-state index is 0.205. The van der Waals surface area contributed by atoms with Gasteiger partial charge in [0, 0.05) is 23.8 Å². The number of carbonyl (C=O) groups excluding carboxylic acids is 1. The van der Waals surface area contributed by atoms with Crippen LogP contribution in [-0.4, -0.2) is 22.7 Å². The molecule has 1 aromatic carbocycles. The van der Waals surface area contributed by atoms with E-state index in [4.69, 9.17) is 11.6 Å². The number of hydrogen-bond acceptors (Lipinski definition) is 3. The quantitative estimate of drug-likeness (QED) is 0.887. The van der Waals surface area contributed by atoms with Crippen molar-refractivity contribution in [2.75, 3.05) is 7.05 Å². The summed E-state index contributed by atoms with van der Waals surface area (Å²) in [6, 6.07) is 3.26. The Morgan fingerprint density at radius 3 is 2.73 bits per heavy atom. The Balaban J connectivity index is 2.12. The smallest absolute Gasteiger partial charge is 0.242 e. The summed E-state index contributed by atoms with van der Waals surface area (Å²) >= 11 is 6.02. The van der Waals surface area contributed by atoms with Crippen LogP contribution in [0.1, 0.15) is 30.1 Å². The predicted molar refractivity (Wildman–Crippen MR) is 83.0 cm³/mol. The summed E-state index contributed by atoms with van der Waals surface area (Å²) in [6.07, 6.45) is 3.41. The fourth-order valence-corrected chi connectivity index (χ4v) is 2.60. The van der Waals surface area contributed by atoms with E-state index in [0.717, 1.165) is 5.56 Å². The molecule has 2 unspecified atom stereocenters. The topological polar surface area (TPSA) is 59.0 Å². The Hall–Kier alpha value is -1.92. The lowest BCUT2D eigenvalue weighted by atomic mass is 10.1. The first kappa shape index (κ1) is 16.5. The fraction of sp³-hybridized carbons (Fsp3) is 0.333. The monoisotopic (exact) mass is 324 g/mol. The third-order valence-electron chi connectivity index (χ3n) is 3.40. The van der Waals surface area contributed by atoms with E-state index in [2.05, 4.69) is 15.7 Å². The number of benzene rings is 1. The number of carbonyl (C=O) groups is 1. The lowest BCUT2D eigenvalue weighted by Crippen LogP contribution is -2.37. The van der Waals surface area contributed by atoms with Crippen LogP contribution in [0.25, 0.3) is 0 Å². The number of nitrogens with one attached hydrogen (secondary N) is 2. The van der Waals surface area contributed by atoms with Gasteiger partial charge in [-0.1, -0.05) is 17.7 Å². The second kappa shape index (κ2) is 6.89. The molecule has 1 heterocycles. The van der Waals surface area contributed by atoms with Crippen molar-refractivity contribution in [1.29, 1.82) is 0 Å². The lowest BCUT2D eigenvalue weighted by Gasteiger charge is -2.20. The molecule has 0 fully saturated rings. The summed E-state index contributed by atoms with van der Waals surface area (Å²) in [7, 11) is 3.49. The molecule has 0 spiro atoms. The van der Waals surface area contributed by atoms with Crippen LogP contribution in [0, 0.1) is 5.82 Å². The average Bonchev–Trinajstić information content (AvgIpc) is 2.85. The van der Waals surface area contributed by atoms with Crippen LogP contribution >= 0.6 is 11.6 Å². The molecular formula is C15H18ClFN4O. The van der Waals surface area contributed by atoms with Gasteiger partial charge in [0.05, 0.1) is 12.2 Å². The molecule has 118 valence electrons. The Morgan fingerprint density at radius 1 is 1.45 bits per heavy atom. The highest BCUT2D eigenvalue weighted by atomic mass is 35.5. The first-order chi connectivity index (χ1) is 10.4. The molecule has 0 bridgehead atoms. The van der Waals surface area contributed by atoms with Crippen molar-refractivity contribution in [2.24, 2.45) is 7.05 Å². The number of aromatic nitrogens is 2. The third-order valence-corrected chi connectivity index (χ3v) is 3.72. The van der Waals surface area contributed by atoms with Crippen molar-refractivity contribution in [1.82, 2.24) is 20.4 Å². The van der Waals surface area contributed by atoms with Crippen LogP contribution in [0.15, 0.2) is 30.6 Å². The van der Waals surface area contributed by atoms with E-state index in [9.17, 15) is 9.18 Å². The summed E-state index contributed by atoms with van der Waals surface area (Å²) in [5.41, 5.74) is 1.43. The highest BCUT2D eigenvalue weighted by Crippen LogP contribution is 2.24. The van der Waals surface area contributed by atoms with Gasteiger partial charge in [-0.3, -0.25) is 9.48 Å². The average molecular weight is 325 g/mol. The van der Waals surface area contributed by atoms with Gasteiger partial charge in [0.2, 0.25) is 5.91 Å². The van der Waals surface area contributed by atoms with Gasteiger partial charge in [-0.15, -0.1) is 0 Å². The molecule has 1 amide bonds. The molecule has 0 saturated carbocycles. The van der Waals surface area contributed by atoms with Crippen LogP contribution in [0.3, 0.4) is 0 Å². The summed E-state index contributed by atoms with van der Waals surface area (Å²) in [6.45, 7) is 1.80. The normalized spacial score (nSPS) is 13.7. The molecule has 22 heavy (non-hydrogen) atoms. The zero-order chi connectivity index (χ0) is 16.3. The van der Waals surface area contributed by atoms with Crippen molar-refractivity contribution in [2.45, 2.75) is 19.0 Å². The first-order valence-electron chi connectivity index (χ1n) is 6.83. The Bertz CT molecular complexity index is 673. The summed E-state index contributed by atoms with van der Waals surface area (Å²) < 4.78 is 14.7. The molecule has 1 aromatic heterocycles.